The van der Waals surface area contributed by atoms with E-state index in [0.717, 1.165) is 0 Å². The zero-order chi connectivity index (χ0) is 22.1. The fraction of sp³-hybridized carbons (Fsp3) is 0.0833. The Balaban J connectivity index is 1.78. The summed E-state index contributed by atoms with van der Waals surface area (Å²) in [5.74, 6) is 0.00519. The van der Waals surface area contributed by atoms with Crippen molar-refractivity contribution in [2.75, 3.05) is 11.9 Å². The van der Waals surface area contributed by atoms with Crippen molar-refractivity contribution >= 4 is 29.0 Å². The number of nitrogens with zero attached hydrogens (tertiary/aromatic N) is 3. The van der Waals surface area contributed by atoms with Gasteiger partial charge in [0.15, 0.2) is 0 Å². The highest BCUT2D eigenvalue weighted by molar-refractivity contribution is 6.09. The van der Waals surface area contributed by atoms with Crippen molar-refractivity contribution in [1.29, 1.82) is 5.26 Å². The number of phenols is 1. The van der Waals surface area contributed by atoms with Crippen molar-refractivity contribution in [3.05, 3.63) is 83.9 Å². The summed E-state index contributed by atoms with van der Waals surface area (Å²) in [7, 11) is 0. The molecule has 0 fully saturated rings. The monoisotopic (exact) mass is 412 g/mol. The van der Waals surface area contributed by atoms with Gasteiger partial charge in [0.05, 0.1) is 18.0 Å². The van der Waals surface area contributed by atoms with Gasteiger partial charge in [-0.15, -0.1) is 0 Å². The molecule has 0 heterocycles. The molecular formula is C24H20N4O3. The van der Waals surface area contributed by atoms with Gasteiger partial charge in [0.1, 0.15) is 23.1 Å². The Kier molecular flexibility index (Phi) is 7.12. The Labute approximate surface area is 180 Å². The van der Waals surface area contributed by atoms with E-state index in [0.29, 0.717) is 29.4 Å². The molecule has 0 saturated heterocycles. The quantitative estimate of drug-likeness (QED) is 0.292. The molecule has 0 radical (unpaired) electrons. The van der Waals surface area contributed by atoms with Gasteiger partial charge in [-0.05, 0) is 67.6 Å². The number of carbonyl (C=O) groups excluding carboxylic acids is 1. The summed E-state index contributed by atoms with van der Waals surface area (Å²) < 4.78 is 5.37. The van der Waals surface area contributed by atoms with Gasteiger partial charge in [-0.2, -0.15) is 15.5 Å². The van der Waals surface area contributed by atoms with Gasteiger partial charge in [0.25, 0.3) is 5.91 Å². The highest BCUT2D eigenvalue weighted by Crippen LogP contribution is 2.27. The lowest BCUT2D eigenvalue weighted by Crippen LogP contribution is -2.13. The predicted octanol–water partition coefficient (Wildman–Crippen LogP) is 5.75. The van der Waals surface area contributed by atoms with Gasteiger partial charge in [0.2, 0.25) is 0 Å². The first kappa shape index (κ1) is 21.3. The molecule has 0 aliphatic carbocycles. The van der Waals surface area contributed by atoms with Gasteiger partial charge in [-0.25, -0.2) is 0 Å². The molecule has 7 nitrogen and oxygen atoms in total. The van der Waals surface area contributed by atoms with Gasteiger partial charge < -0.3 is 15.2 Å². The summed E-state index contributed by atoms with van der Waals surface area (Å²) in [5, 5.41) is 30.5. The fourth-order valence-electron chi connectivity index (χ4n) is 2.63. The van der Waals surface area contributed by atoms with E-state index in [9.17, 15) is 15.2 Å². The van der Waals surface area contributed by atoms with Crippen molar-refractivity contribution in [3.63, 3.8) is 0 Å². The largest absolute Gasteiger partial charge is 0.507 e. The number of hydrogen-bond acceptors (Lipinski definition) is 6. The third-order valence-electron chi connectivity index (χ3n) is 4.14. The van der Waals surface area contributed by atoms with E-state index in [4.69, 9.17) is 4.74 Å². The van der Waals surface area contributed by atoms with Crippen LogP contribution in [0.3, 0.4) is 0 Å². The second-order valence-corrected chi connectivity index (χ2v) is 6.36. The number of carbonyl (C=O) groups is 1. The van der Waals surface area contributed by atoms with E-state index >= 15 is 0 Å². The first-order valence-corrected chi connectivity index (χ1v) is 9.55. The third-order valence-corrected chi connectivity index (χ3v) is 4.14. The molecule has 154 valence electrons. The molecule has 0 atom stereocenters. The highest BCUT2D eigenvalue weighted by Gasteiger charge is 2.11. The van der Waals surface area contributed by atoms with Gasteiger partial charge >= 0.3 is 0 Å². The van der Waals surface area contributed by atoms with Crippen LogP contribution in [0.15, 0.2) is 88.6 Å². The van der Waals surface area contributed by atoms with Crippen molar-refractivity contribution in [3.8, 4) is 17.6 Å². The molecule has 0 aromatic heterocycles. The van der Waals surface area contributed by atoms with Crippen molar-refractivity contribution in [2.45, 2.75) is 6.92 Å². The number of amides is 1. The molecule has 0 aliphatic rings. The van der Waals surface area contributed by atoms with E-state index in [1.165, 1.54) is 12.1 Å². The highest BCUT2D eigenvalue weighted by atomic mass is 16.5. The molecule has 0 unspecified atom stereocenters. The molecule has 0 bridgehead atoms. The van der Waals surface area contributed by atoms with Crippen LogP contribution < -0.4 is 10.1 Å². The number of hydrogen-bond donors (Lipinski definition) is 2. The first-order valence-electron chi connectivity index (χ1n) is 9.55. The number of nitriles is 1. The second kappa shape index (κ2) is 10.4. The van der Waals surface area contributed by atoms with Crippen LogP contribution in [0.25, 0.3) is 6.08 Å². The maximum atomic E-state index is 12.5. The Morgan fingerprint density at radius 1 is 1.06 bits per heavy atom. The van der Waals surface area contributed by atoms with Crippen LogP contribution >= 0.6 is 0 Å². The average molecular weight is 412 g/mol. The zero-order valence-electron chi connectivity index (χ0n) is 16.8. The predicted molar refractivity (Wildman–Crippen MR) is 119 cm³/mol. The van der Waals surface area contributed by atoms with Crippen LogP contribution in [0.2, 0.25) is 0 Å². The molecule has 2 N–H and O–H groups in total. The molecule has 3 rings (SSSR count). The number of rotatable bonds is 7. The van der Waals surface area contributed by atoms with Crippen LogP contribution in [-0.2, 0) is 4.79 Å². The second-order valence-electron chi connectivity index (χ2n) is 6.36. The summed E-state index contributed by atoms with van der Waals surface area (Å²) in [6.07, 6.45) is 1.31. The topological polar surface area (TPSA) is 107 Å². The fourth-order valence-corrected chi connectivity index (χ4v) is 2.63. The van der Waals surface area contributed by atoms with Crippen LogP contribution in [-0.4, -0.2) is 17.6 Å². The smallest absolute Gasteiger partial charge is 0.266 e. The summed E-state index contributed by atoms with van der Waals surface area (Å²) >= 11 is 0. The Bertz CT molecular complexity index is 1150. The third kappa shape index (κ3) is 6.02. The summed E-state index contributed by atoms with van der Waals surface area (Å²) in [4.78, 5) is 12.5. The summed E-state index contributed by atoms with van der Waals surface area (Å²) in [6, 6.07) is 22.4. The summed E-state index contributed by atoms with van der Waals surface area (Å²) in [5.41, 5.74) is 1.78. The Morgan fingerprint density at radius 3 is 2.45 bits per heavy atom. The lowest BCUT2D eigenvalue weighted by Gasteiger charge is -2.07. The van der Waals surface area contributed by atoms with E-state index in [1.807, 2.05) is 43.3 Å². The van der Waals surface area contributed by atoms with Crippen LogP contribution in [0.5, 0.6) is 11.5 Å². The van der Waals surface area contributed by atoms with Crippen LogP contribution in [0.1, 0.15) is 12.5 Å². The molecule has 3 aromatic carbocycles. The molecule has 0 spiro atoms. The van der Waals surface area contributed by atoms with Crippen LogP contribution in [0, 0.1) is 11.3 Å². The minimum Gasteiger partial charge on any atom is -0.507 e. The minimum atomic E-state index is -0.595. The number of aromatic hydroxyl groups is 1. The van der Waals surface area contributed by atoms with E-state index in [1.54, 1.807) is 36.4 Å². The molecule has 0 aliphatic heterocycles. The van der Waals surface area contributed by atoms with Crippen molar-refractivity contribution in [2.24, 2.45) is 10.2 Å². The molecule has 31 heavy (non-hydrogen) atoms. The molecular weight excluding hydrogens is 392 g/mol. The lowest BCUT2D eigenvalue weighted by atomic mass is 10.1. The number of anilines is 1. The number of ether oxygens (including phenoxy) is 1. The number of nitrogens with one attached hydrogen (secondary N) is 1. The van der Waals surface area contributed by atoms with Crippen molar-refractivity contribution in [1.82, 2.24) is 0 Å². The van der Waals surface area contributed by atoms with E-state index in [2.05, 4.69) is 15.5 Å². The maximum absolute atomic E-state index is 12.5. The van der Waals surface area contributed by atoms with Gasteiger partial charge in [-0.1, -0.05) is 18.2 Å². The average Bonchev–Trinajstić information content (AvgIpc) is 2.79. The Morgan fingerprint density at radius 2 is 1.77 bits per heavy atom. The molecule has 0 saturated carbocycles. The standard InChI is InChI=1S/C24H20N4O3/c1-2-31-22-11-8-19(9-12-22)26-24(30)18(16-25)14-17-15-21(10-13-23(17)29)28-27-20-6-4-3-5-7-20/h3-15,29H,2H2,1H3,(H,26,30)/b18-14-,28-27?. The normalized spacial score (nSPS) is 11.2. The van der Waals surface area contributed by atoms with Gasteiger partial charge in [0, 0.05) is 11.3 Å². The Hall–Kier alpha value is -4.44. The molecule has 1 amide bonds. The van der Waals surface area contributed by atoms with Crippen molar-refractivity contribution < 1.29 is 14.6 Å². The number of azo groups is 1. The SMILES string of the molecule is CCOc1ccc(NC(=O)/C(C#N)=C\c2cc(N=Nc3ccccc3)ccc2O)cc1. The zero-order valence-corrected chi connectivity index (χ0v) is 16.8. The lowest BCUT2D eigenvalue weighted by molar-refractivity contribution is -0.112. The van der Waals surface area contributed by atoms with Gasteiger partial charge in [-0.3, -0.25) is 4.79 Å². The molecule has 3 aromatic rings. The minimum absolute atomic E-state index is 0.0831. The maximum Gasteiger partial charge on any atom is 0.266 e. The number of benzene rings is 3. The van der Waals surface area contributed by atoms with E-state index in [-0.39, 0.29) is 16.9 Å². The molecule has 7 heteroatoms. The van der Waals surface area contributed by atoms with E-state index < -0.39 is 5.91 Å². The summed E-state index contributed by atoms with van der Waals surface area (Å²) in [6.45, 7) is 2.42. The first-order chi connectivity index (χ1) is 15.1. The number of phenolic OH excluding ortho intramolecular Hbond substituents is 1. The van der Waals surface area contributed by atoms with Crippen LogP contribution in [0.4, 0.5) is 17.1 Å².